The van der Waals surface area contributed by atoms with Crippen LogP contribution in [0.4, 0.5) is 0 Å². The molecule has 0 heterocycles. The molecule has 0 spiro atoms. The average Bonchev–Trinajstić information content (AvgIpc) is 2.68. The topological polar surface area (TPSA) is 41.1 Å². The fourth-order valence-corrected chi connectivity index (χ4v) is 6.03. The second-order valence-electron chi connectivity index (χ2n) is 9.55. The van der Waals surface area contributed by atoms with Crippen molar-refractivity contribution < 1.29 is 4.79 Å². The number of nitrogens with one attached hydrogen (secondary N) is 2. The van der Waals surface area contributed by atoms with Crippen LogP contribution in [-0.4, -0.2) is 25.5 Å². The zero-order chi connectivity index (χ0) is 18.2. The van der Waals surface area contributed by atoms with Crippen LogP contribution < -0.4 is 10.6 Å². The van der Waals surface area contributed by atoms with Gasteiger partial charge in [0, 0.05) is 12.5 Å². The molecule has 0 bridgehead atoms. The van der Waals surface area contributed by atoms with Gasteiger partial charge in [0.05, 0.1) is 0 Å². The molecule has 0 saturated heterocycles. The number of hydrogen-bond acceptors (Lipinski definition) is 2. The molecule has 150 valence electrons. The second kappa shape index (κ2) is 10.7. The van der Waals surface area contributed by atoms with Crippen molar-refractivity contribution in [1.29, 1.82) is 0 Å². The molecule has 3 aliphatic carbocycles. The van der Waals surface area contributed by atoms with Gasteiger partial charge in [0.1, 0.15) is 0 Å². The maximum absolute atomic E-state index is 12.4. The third kappa shape index (κ3) is 6.25. The molecular formula is C23H42N2O. The molecule has 3 aliphatic rings. The minimum atomic E-state index is 0.328. The summed E-state index contributed by atoms with van der Waals surface area (Å²) >= 11 is 0. The SMILES string of the molecule is CNCCCC1CCC(NC(=O)CCC2CCC3CCCCC3C2)CC1. The number of hydrogen-bond donors (Lipinski definition) is 2. The van der Waals surface area contributed by atoms with Gasteiger partial charge in [-0.3, -0.25) is 4.79 Å². The van der Waals surface area contributed by atoms with Gasteiger partial charge in [-0.25, -0.2) is 0 Å². The molecule has 0 aromatic carbocycles. The maximum Gasteiger partial charge on any atom is 0.220 e. The first kappa shape index (κ1) is 20.2. The van der Waals surface area contributed by atoms with Crippen molar-refractivity contribution in [3.8, 4) is 0 Å². The van der Waals surface area contributed by atoms with Crippen LogP contribution in [0.25, 0.3) is 0 Å². The van der Waals surface area contributed by atoms with Crippen LogP contribution in [0.5, 0.6) is 0 Å². The van der Waals surface area contributed by atoms with Gasteiger partial charge >= 0.3 is 0 Å². The Labute approximate surface area is 161 Å². The van der Waals surface area contributed by atoms with Crippen LogP contribution >= 0.6 is 0 Å². The molecule has 1 amide bonds. The third-order valence-electron chi connectivity index (χ3n) is 7.68. The summed E-state index contributed by atoms with van der Waals surface area (Å²) in [6.07, 6.45) is 19.6. The van der Waals surface area contributed by atoms with Gasteiger partial charge in [0.15, 0.2) is 0 Å². The number of carbonyl (C=O) groups is 1. The van der Waals surface area contributed by atoms with Gasteiger partial charge in [0.2, 0.25) is 5.91 Å². The van der Waals surface area contributed by atoms with Crippen LogP contribution in [0, 0.1) is 23.7 Å². The van der Waals surface area contributed by atoms with Gasteiger partial charge in [-0.05, 0) is 95.1 Å². The summed E-state index contributed by atoms with van der Waals surface area (Å²) in [5.41, 5.74) is 0. The van der Waals surface area contributed by atoms with Gasteiger partial charge in [0.25, 0.3) is 0 Å². The molecule has 3 unspecified atom stereocenters. The summed E-state index contributed by atoms with van der Waals surface area (Å²) in [5.74, 6) is 4.06. The van der Waals surface area contributed by atoms with Crippen molar-refractivity contribution in [3.63, 3.8) is 0 Å². The lowest BCUT2D eigenvalue weighted by atomic mass is 9.67. The van der Waals surface area contributed by atoms with Crippen molar-refractivity contribution in [2.75, 3.05) is 13.6 Å². The summed E-state index contributed by atoms with van der Waals surface area (Å²) in [6, 6.07) is 0.456. The molecule has 3 nitrogen and oxygen atoms in total. The highest BCUT2D eigenvalue weighted by Gasteiger charge is 2.32. The van der Waals surface area contributed by atoms with Crippen LogP contribution in [0.3, 0.4) is 0 Å². The molecule has 0 aromatic rings. The number of fused-ring (bicyclic) bond motifs is 1. The molecule has 2 N–H and O–H groups in total. The van der Waals surface area contributed by atoms with Crippen LogP contribution in [0.15, 0.2) is 0 Å². The normalized spacial score (nSPS) is 34.9. The Morgan fingerprint density at radius 1 is 0.846 bits per heavy atom. The van der Waals surface area contributed by atoms with E-state index < -0.39 is 0 Å². The highest BCUT2D eigenvalue weighted by Crippen LogP contribution is 2.43. The number of carbonyl (C=O) groups excluding carboxylic acids is 1. The second-order valence-corrected chi connectivity index (χ2v) is 9.55. The lowest BCUT2D eigenvalue weighted by molar-refractivity contribution is -0.122. The molecule has 0 aliphatic heterocycles. The predicted molar refractivity (Wildman–Crippen MR) is 109 cm³/mol. The molecule has 0 radical (unpaired) electrons. The van der Waals surface area contributed by atoms with E-state index in [-0.39, 0.29) is 0 Å². The molecule has 3 saturated carbocycles. The zero-order valence-electron chi connectivity index (χ0n) is 17.1. The Balaban J connectivity index is 1.28. The van der Waals surface area contributed by atoms with Gasteiger partial charge < -0.3 is 10.6 Å². The zero-order valence-corrected chi connectivity index (χ0v) is 17.1. The van der Waals surface area contributed by atoms with E-state index in [1.54, 1.807) is 0 Å². The number of amides is 1. The Morgan fingerprint density at radius 2 is 1.58 bits per heavy atom. The maximum atomic E-state index is 12.4. The van der Waals surface area contributed by atoms with Crippen molar-refractivity contribution in [2.24, 2.45) is 23.7 Å². The quantitative estimate of drug-likeness (QED) is 0.593. The molecule has 26 heavy (non-hydrogen) atoms. The van der Waals surface area contributed by atoms with E-state index in [9.17, 15) is 4.79 Å². The molecule has 0 aromatic heterocycles. The fraction of sp³-hybridized carbons (Fsp3) is 0.957. The first-order valence-corrected chi connectivity index (χ1v) is 11.7. The largest absolute Gasteiger partial charge is 0.353 e. The van der Waals surface area contributed by atoms with Crippen molar-refractivity contribution in [2.45, 2.75) is 102 Å². The minimum absolute atomic E-state index is 0.328. The summed E-state index contributed by atoms with van der Waals surface area (Å²) < 4.78 is 0. The number of rotatable bonds is 8. The van der Waals surface area contributed by atoms with Crippen molar-refractivity contribution in [3.05, 3.63) is 0 Å². The van der Waals surface area contributed by atoms with E-state index >= 15 is 0 Å². The molecular weight excluding hydrogens is 320 g/mol. The molecule has 3 fully saturated rings. The van der Waals surface area contributed by atoms with Crippen LogP contribution in [-0.2, 0) is 4.79 Å². The summed E-state index contributed by atoms with van der Waals surface area (Å²) in [7, 11) is 2.03. The van der Waals surface area contributed by atoms with Crippen molar-refractivity contribution >= 4 is 5.91 Å². The Morgan fingerprint density at radius 3 is 2.35 bits per heavy atom. The van der Waals surface area contributed by atoms with E-state index in [2.05, 4.69) is 10.6 Å². The Kier molecular flexibility index (Phi) is 8.29. The van der Waals surface area contributed by atoms with E-state index in [0.29, 0.717) is 11.9 Å². The van der Waals surface area contributed by atoms with Gasteiger partial charge in [-0.2, -0.15) is 0 Å². The van der Waals surface area contributed by atoms with Crippen LogP contribution in [0.1, 0.15) is 96.3 Å². The fourth-order valence-electron chi connectivity index (χ4n) is 6.03. The average molecular weight is 363 g/mol. The Bertz CT molecular complexity index is 416. The van der Waals surface area contributed by atoms with E-state index in [1.165, 1.54) is 83.5 Å². The highest BCUT2D eigenvalue weighted by atomic mass is 16.1. The lowest BCUT2D eigenvalue weighted by Gasteiger charge is -2.39. The van der Waals surface area contributed by atoms with Gasteiger partial charge in [-0.1, -0.05) is 32.1 Å². The van der Waals surface area contributed by atoms with E-state index in [4.69, 9.17) is 0 Å². The van der Waals surface area contributed by atoms with Gasteiger partial charge in [-0.15, -0.1) is 0 Å². The molecule has 3 atom stereocenters. The third-order valence-corrected chi connectivity index (χ3v) is 7.68. The van der Waals surface area contributed by atoms with E-state index in [1.807, 2.05) is 7.05 Å². The smallest absolute Gasteiger partial charge is 0.220 e. The molecule has 3 rings (SSSR count). The highest BCUT2D eigenvalue weighted by molar-refractivity contribution is 5.76. The minimum Gasteiger partial charge on any atom is -0.353 e. The standard InChI is InChI=1S/C23H42N2O/c1-24-16-4-5-18-9-13-22(14-10-18)25-23(26)15-11-19-8-12-20-6-2-3-7-21(20)17-19/h18-22,24H,2-17H2,1H3,(H,25,26). The lowest BCUT2D eigenvalue weighted by Crippen LogP contribution is -2.38. The van der Waals surface area contributed by atoms with Crippen molar-refractivity contribution in [1.82, 2.24) is 10.6 Å². The summed E-state index contributed by atoms with van der Waals surface area (Å²) in [6.45, 7) is 1.14. The van der Waals surface area contributed by atoms with Crippen LogP contribution in [0.2, 0.25) is 0 Å². The Hall–Kier alpha value is -0.570. The molecule has 3 heteroatoms. The first-order chi connectivity index (χ1) is 12.7. The van der Waals surface area contributed by atoms with E-state index in [0.717, 1.165) is 43.1 Å². The first-order valence-electron chi connectivity index (χ1n) is 11.7. The predicted octanol–water partition coefficient (Wildman–Crippen LogP) is 5.05. The monoisotopic (exact) mass is 362 g/mol. The summed E-state index contributed by atoms with van der Waals surface area (Å²) in [5, 5.41) is 6.59. The summed E-state index contributed by atoms with van der Waals surface area (Å²) in [4.78, 5) is 12.4.